The quantitative estimate of drug-likeness (QED) is 0.328. The van der Waals surface area contributed by atoms with Crippen LogP contribution in [0, 0.1) is 6.92 Å². The summed E-state index contributed by atoms with van der Waals surface area (Å²) in [6.07, 6.45) is -2.79. The SMILES string of the molecule is Cc1c(N2CCN(c3ccc(C(F)(F)F)cn3)CC2)nnc(Cc2ccccc2)c1CNCc1ccccc1. The van der Waals surface area contributed by atoms with Gasteiger partial charge in [-0.3, -0.25) is 0 Å². The highest BCUT2D eigenvalue weighted by atomic mass is 19.4. The summed E-state index contributed by atoms with van der Waals surface area (Å²) in [4.78, 5) is 8.27. The van der Waals surface area contributed by atoms with E-state index in [1.165, 1.54) is 17.2 Å². The molecule has 2 aromatic heterocycles. The molecule has 1 aliphatic rings. The molecule has 0 bridgehead atoms. The standard InChI is InChI=1S/C30H31F3N6/c1-22-26(21-34-19-24-10-6-3-7-11-24)27(18-23-8-4-2-5-9-23)36-37-29(22)39-16-14-38(15-17-39)28-13-12-25(20-35-28)30(31,32)33/h2-13,20,34H,14-19,21H2,1H3. The van der Waals surface area contributed by atoms with Crippen LogP contribution < -0.4 is 15.1 Å². The molecule has 3 heterocycles. The summed E-state index contributed by atoms with van der Waals surface area (Å²) in [5.41, 5.74) is 4.86. The fourth-order valence-electron chi connectivity index (χ4n) is 4.88. The molecule has 202 valence electrons. The minimum atomic E-state index is -4.39. The summed E-state index contributed by atoms with van der Waals surface area (Å²) < 4.78 is 38.7. The van der Waals surface area contributed by atoms with Crippen LogP contribution in [-0.2, 0) is 25.7 Å². The largest absolute Gasteiger partial charge is 0.417 e. The molecule has 9 heteroatoms. The third kappa shape index (κ3) is 6.54. The first-order chi connectivity index (χ1) is 18.9. The van der Waals surface area contributed by atoms with Gasteiger partial charge in [0.1, 0.15) is 5.82 Å². The molecule has 0 spiro atoms. The molecule has 0 aliphatic carbocycles. The highest BCUT2D eigenvalue weighted by Crippen LogP contribution is 2.30. The third-order valence-electron chi connectivity index (χ3n) is 7.07. The van der Waals surface area contributed by atoms with E-state index < -0.39 is 11.7 Å². The van der Waals surface area contributed by atoms with Crippen LogP contribution in [0.5, 0.6) is 0 Å². The molecule has 0 unspecified atom stereocenters. The zero-order valence-electron chi connectivity index (χ0n) is 21.8. The number of benzene rings is 2. The number of alkyl halides is 3. The van der Waals surface area contributed by atoms with E-state index in [2.05, 4.69) is 56.6 Å². The predicted molar refractivity (Wildman–Crippen MR) is 147 cm³/mol. The molecule has 1 N–H and O–H groups in total. The Morgan fingerprint density at radius 1 is 0.769 bits per heavy atom. The van der Waals surface area contributed by atoms with Gasteiger partial charge in [0.05, 0.1) is 11.3 Å². The number of piperazine rings is 1. The molecule has 1 aliphatic heterocycles. The summed E-state index contributed by atoms with van der Waals surface area (Å²) in [5, 5.41) is 12.9. The Hall–Kier alpha value is -3.98. The number of anilines is 2. The van der Waals surface area contributed by atoms with E-state index >= 15 is 0 Å². The summed E-state index contributed by atoms with van der Waals surface area (Å²) >= 11 is 0. The number of pyridine rings is 1. The van der Waals surface area contributed by atoms with Crippen LogP contribution in [0.1, 0.15) is 33.5 Å². The Morgan fingerprint density at radius 3 is 2.03 bits per heavy atom. The van der Waals surface area contributed by atoms with Gasteiger partial charge in [0.2, 0.25) is 0 Å². The van der Waals surface area contributed by atoms with Gasteiger partial charge < -0.3 is 15.1 Å². The second kappa shape index (κ2) is 11.8. The first-order valence-corrected chi connectivity index (χ1v) is 13.1. The number of hydrogen-bond donors (Lipinski definition) is 1. The van der Waals surface area contributed by atoms with Gasteiger partial charge in [-0.25, -0.2) is 4.98 Å². The Bertz CT molecular complexity index is 1350. The topological polar surface area (TPSA) is 57.2 Å². The van der Waals surface area contributed by atoms with Gasteiger partial charge in [0.25, 0.3) is 0 Å². The van der Waals surface area contributed by atoms with Crippen LogP contribution in [0.4, 0.5) is 24.8 Å². The smallest absolute Gasteiger partial charge is 0.353 e. The zero-order chi connectivity index (χ0) is 27.2. The van der Waals surface area contributed by atoms with Crippen molar-refractivity contribution < 1.29 is 13.2 Å². The Morgan fingerprint density at radius 2 is 1.41 bits per heavy atom. The highest BCUT2D eigenvalue weighted by Gasteiger charge is 2.31. The van der Waals surface area contributed by atoms with Gasteiger partial charge in [-0.15, -0.1) is 5.10 Å². The molecule has 1 saturated heterocycles. The molecule has 6 nitrogen and oxygen atoms in total. The molecular formula is C30H31F3N6. The van der Waals surface area contributed by atoms with Crippen molar-refractivity contribution in [3.05, 3.63) is 113 Å². The zero-order valence-corrected chi connectivity index (χ0v) is 21.8. The molecule has 2 aromatic carbocycles. The van der Waals surface area contributed by atoms with E-state index in [9.17, 15) is 13.2 Å². The summed E-state index contributed by atoms with van der Waals surface area (Å²) in [7, 11) is 0. The van der Waals surface area contributed by atoms with E-state index in [1.807, 2.05) is 41.3 Å². The molecule has 39 heavy (non-hydrogen) atoms. The van der Waals surface area contributed by atoms with Crippen molar-refractivity contribution in [1.82, 2.24) is 20.5 Å². The van der Waals surface area contributed by atoms with E-state index in [1.54, 1.807) is 0 Å². The lowest BCUT2D eigenvalue weighted by Gasteiger charge is -2.36. The second-order valence-electron chi connectivity index (χ2n) is 9.70. The molecule has 0 radical (unpaired) electrons. The van der Waals surface area contributed by atoms with Gasteiger partial charge in [0, 0.05) is 51.9 Å². The molecule has 0 amide bonds. The lowest BCUT2D eigenvalue weighted by atomic mass is 10.0. The van der Waals surface area contributed by atoms with Crippen molar-refractivity contribution >= 4 is 11.6 Å². The van der Waals surface area contributed by atoms with Crippen molar-refractivity contribution in [2.24, 2.45) is 0 Å². The Kier molecular flexibility index (Phi) is 8.07. The fourth-order valence-corrected chi connectivity index (χ4v) is 4.88. The first-order valence-electron chi connectivity index (χ1n) is 13.1. The van der Waals surface area contributed by atoms with Crippen LogP contribution in [-0.4, -0.2) is 41.4 Å². The summed E-state index contributed by atoms with van der Waals surface area (Å²) in [6.45, 7) is 6.13. The number of nitrogens with zero attached hydrogens (tertiary/aromatic N) is 5. The third-order valence-corrected chi connectivity index (χ3v) is 7.07. The minimum absolute atomic E-state index is 0.550. The minimum Gasteiger partial charge on any atom is -0.353 e. The van der Waals surface area contributed by atoms with Crippen LogP contribution in [0.2, 0.25) is 0 Å². The Balaban J connectivity index is 1.31. The Labute approximate surface area is 226 Å². The maximum atomic E-state index is 12.9. The lowest BCUT2D eigenvalue weighted by Crippen LogP contribution is -2.47. The van der Waals surface area contributed by atoms with Gasteiger partial charge in [-0.1, -0.05) is 60.7 Å². The molecule has 0 atom stereocenters. The van der Waals surface area contributed by atoms with E-state index in [0.717, 1.165) is 41.4 Å². The van der Waals surface area contributed by atoms with Crippen molar-refractivity contribution in [2.45, 2.75) is 32.6 Å². The number of halogens is 3. The highest BCUT2D eigenvalue weighted by molar-refractivity contribution is 5.53. The van der Waals surface area contributed by atoms with Crippen molar-refractivity contribution in [1.29, 1.82) is 0 Å². The average molecular weight is 533 g/mol. The van der Waals surface area contributed by atoms with Crippen LogP contribution in [0.3, 0.4) is 0 Å². The normalized spacial score (nSPS) is 14.1. The van der Waals surface area contributed by atoms with Crippen molar-refractivity contribution in [2.75, 3.05) is 36.0 Å². The number of hydrogen-bond acceptors (Lipinski definition) is 6. The predicted octanol–water partition coefficient (Wildman–Crippen LogP) is 5.41. The van der Waals surface area contributed by atoms with E-state index in [4.69, 9.17) is 0 Å². The molecule has 4 aromatic rings. The van der Waals surface area contributed by atoms with Gasteiger partial charge in [0.15, 0.2) is 5.82 Å². The van der Waals surface area contributed by atoms with Crippen molar-refractivity contribution in [3.63, 3.8) is 0 Å². The number of aromatic nitrogens is 3. The molecule has 1 fully saturated rings. The lowest BCUT2D eigenvalue weighted by molar-refractivity contribution is -0.137. The van der Waals surface area contributed by atoms with Gasteiger partial charge in [-0.05, 0) is 41.3 Å². The van der Waals surface area contributed by atoms with Crippen LogP contribution in [0.15, 0.2) is 79.0 Å². The van der Waals surface area contributed by atoms with Gasteiger partial charge in [-0.2, -0.15) is 18.3 Å². The maximum absolute atomic E-state index is 12.9. The monoisotopic (exact) mass is 532 g/mol. The molecule has 5 rings (SSSR count). The second-order valence-corrected chi connectivity index (χ2v) is 9.70. The summed E-state index contributed by atoms with van der Waals surface area (Å²) in [6, 6.07) is 23.1. The van der Waals surface area contributed by atoms with Crippen LogP contribution in [0.25, 0.3) is 0 Å². The van der Waals surface area contributed by atoms with Gasteiger partial charge >= 0.3 is 6.18 Å². The van der Waals surface area contributed by atoms with Crippen molar-refractivity contribution in [3.8, 4) is 0 Å². The first kappa shape index (κ1) is 26.6. The van der Waals surface area contributed by atoms with E-state index in [0.29, 0.717) is 45.0 Å². The maximum Gasteiger partial charge on any atom is 0.417 e. The fraction of sp³-hybridized carbons (Fsp3) is 0.300. The summed E-state index contributed by atoms with van der Waals surface area (Å²) in [5.74, 6) is 1.40. The molecular weight excluding hydrogens is 501 g/mol. The number of rotatable bonds is 8. The molecule has 0 saturated carbocycles. The van der Waals surface area contributed by atoms with E-state index in [-0.39, 0.29) is 0 Å². The number of nitrogens with one attached hydrogen (secondary N) is 1. The average Bonchev–Trinajstić information content (AvgIpc) is 2.95. The van der Waals surface area contributed by atoms with Crippen LogP contribution >= 0.6 is 0 Å².